The van der Waals surface area contributed by atoms with Crippen molar-refractivity contribution in [2.45, 2.75) is 13.0 Å². The first-order chi connectivity index (χ1) is 15.5. The molecular weight excluding hydrogens is 408 g/mol. The minimum absolute atomic E-state index is 0.138. The van der Waals surface area contributed by atoms with Gasteiger partial charge in [0, 0.05) is 17.4 Å². The first kappa shape index (κ1) is 20.9. The third-order valence-corrected chi connectivity index (χ3v) is 4.90. The van der Waals surface area contributed by atoms with E-state index >= 15 is 0 Å². The highest BCUT2D eigenvalue weighted by atomic mass is 16.3. The van der Waals surface area contributed by atoms with E-state index in [9.17, 15) is 9.90 Å². The Morgan fingerprint density at radius 2 is 2.00 bits per heavy atom. The molecule has 4 aromatic rings. The van der Waals surface area contributed by atoms with E-state index < -0.39 is 11.9 Å². The lowest BCUT2D eigenvalue weighted by Crippen LogP contribution is -2.17. The Bertz CT molecular complexity index is 1210. The number of nitrogens with one attached hydrogen (secondary N) is 3. The summed E-state index contributed by atoms with van der Waals surface area (Å²) in [4.78, 5) is 24.6. The van der Waals surface area contributed by atoms with Crippen LogP contribution in [0.2, 0.25) is 0 Å². The van der Waals surface area contributed by atoms with Crippen molar-refractivity contribution >= 4 is 23.4 Å². The third-order valence-electron chi connectivity index (χ3n) is 4.90. The van der Waals surface area contributed by atoms with Gasteiger partial charge in [0.15, 0.2) is 5.82 Å². The van der Waals surface area contributed by atoms with Crippen LogP contribution in [0.25, 0.3) is 11.4 Å². The molecule has 1 atom stereocenters. The summed E-state index contributed by atoms with van der Waals surface area (Å²) >= 11 is 0. The van der Waals surface area contributed by atoms with Gasteiger partial charge in [-0.3, -0.25) is 9.89 Å². The van der Waals surface area contributed by atoms with Crippen molar-refractivity contribution in [2.75, 3.05) is 17.2 Å². The van der Waals surface area contributed by atoms with Crippen LogP contribution in [-0.4, -0.2) is 42.8 Å². The van der Waals surface area contributed by atoms with Gasteiger partial charge in [-0.2, -0.15) is 10.1 Å². The quantitative estimate of drug-likeness (QED) is 0.286. The van der Waals surface area contributed by atoms with E-state index in [1.807, 2.05) is 30.3 Å². The number of aliphatic hydroxyl groups is 1. The zero-order chi connectivity index (χ0) is 22.5. The van der Waals surface area contributed by atoms with Crippen molar-refractivity contribution in [1.29, 1.82) is 0 Å². The number of nitrogens with zero attached hydrogens (tertiary/aromatic N) is 4. The van der Waals surface area contributed by atoms with E-state index in [0.717, 1.165) is 11.1 Å². The van der Waals surface area contributed by atoms with Gasteiger partial charge in [-0.15, -0.1) is 0 Å². The van der Waals surface area contributed by atoms with Gasteiger partial charge in [0.05, 0.1) is 18.2 Å². The van der Waals surface area contributed by atoms with Gasteiger partial charge in [0.2, 0.25) is 11.9 Å². The van der Waals surface area contributed by atoms with Crippen LogP contribution in [-0.2, 0) is 0 Å². The van der Waals surface area contributed by atoms with Crippen molar-refractivity contribution in [3.63, 3.8) is 0 Å². The van der Waals surface area contributed by atoms with E-state index in [2.05, 4.69) is 35.8 Å². The van der Waals surface area contributed by atoms with Gasteiger partial charge in [-0.05, 0) is 36.2 Å². The minimum atomic E-state index is -0.482. The van der Waals surface area contributed by atoms with E-state index in [0.29, 0.717) is 34.4 Å². The summed E-state index contributed by atoms with van der Waals surface area (Å²) in [5.74, 6) is 0.800. The van der Waals surface area contributed by atoms with Crippen LogP contribution in [0.1, 0.15) is 27.5 Å². The number of aliphatic hydroxyl groups excluding tert-OH is 1. The first-order valence-corrected chi connectivity index (χ1v) is 9.87. The lowest BCUT2D eigenvalue weighted by Gasteiger charge is -2.19. The number of carbonyl (C=O) groups excluding carboxylic acids is 1. The SMILES string of the molecule is Cc1cc(Nc2ncc(-c3ncn[nH]3)c(N[C@H](CO)c3ccccc3)n2)ccc1C(N)=O. The Hall–Kier alpha value is -4.31. The molecule has 0 radical (unpaired) electrons. The molecule has 6 N–H and O–H groups in total. The number of rotatable bonds is 8. The second-order valence-corrected chi connectivity index (χ2v) is 7.10. The molecule has 0 saturated carbocycles. The zero-order valence-electron chi connectivity index (χ0n) is 17.3. The summed E-state index contributed by atoms with van der Waals surface area (Å²) in [6.07, 6.45) is 3.01. The van der Waals surface area contributed by atoms with Gasteiger partial charge in [0.25, 0.3) is 0 Å². The topological polar surface area (TPSA) is 155 Å². The van der Waals surface area contributed by atoms with Crippen LogP contribution in [0.4, 0.5) is 17.5 Å². The van der Waals surface area contributed by atoms with E-state index in [-0.39, 0.29) is 6.61 Å². The van der Waals surface area contributed by atoms with Crippen LogP contribution >= 0.6 is 0 Å². The zero-order valence-corrected chi connectivity index (χ0v) is 17.3. The standard InChI is InChI=1S/C22H22N8O2/c1-13-9-15(7-8-16(13)19(23)32)27-22-24-10-17(20-25-12-26-30-20)21(29-22)28-18(11-31)14-5-3-2-4-6-14/h2-10,12,18,31H,11H2,1H3,(H2,23,32)(H,25,26,30)(H2,24,27,28,29)/t18-/m1/s1. The average Bonchev–Trinajstić information content (AvgIpc) is 3.33. The molecule has 0 aliphatic rings. The Morgan fingerprint density at radius 1 is 1.19 bits per heavy atom. The molecule has 4 rings (SSSR count). The van der Waals surface area contributed by atoms with Crippen LogP contribution in [0.3, 0.4) is 0 Å². The highest BCUT2D eigenvalue weighted by Crippen LogP contribution is 2.28. The molecule has 0 bridgehead atoms. The highest BCUT2D eigenvalue weighted by Gasteiger charge is 2.17. The molecular formula is C22H22N8O2. The molecule has 0 saturated heterocycles. The summed E-state index contributed by atoms with van der Waals surface area (Å²) in [5.41, 5.74) is 8.78. The molecule has 0 spiro atoms. The molecule has 32 heavy (non-hydrogen) atoms. The number of H-pyrrole nitrogens is 1. The molecule has 2 aromatic heterocycles. The summed E-state index contributed by atoms with van der Waals surface area (Å²) in [5, 5.41) is 23.1. The van der Waals surface area contributed by atoms with E-state index in [1.54, 1.807) is 31.3 Å². The number of aromatic nitrogens is 5. The lowest BCUT2D eigenvalue weighted by atomic mass is 10.1. The summed E-state index contributed by atoms with van der Waals surface area (Å²) in [6, 6.07) is 14.4. The smallest absolute Gasteiger partial charge is 0.248 e. The van der Waals surface area contributed by atoms with Gasteiger partial charge in [-0.25, -0.2) is 9.97 Å². The van der Waals surface area contributed by atoms with Gasteiger partial charge in [-0.1, -0.05) is 30.3 Å². The molecule has 0 aliphatic carbocycles. The van der Waals surface area contributed by atoms with E-state index in [1.165, 1.54) is 6.33 Å². The molecule has 2 heterocycles. The summed E-state index contributed by atoms with van der Waals surface area (Å²) in [6.45, 7) is 1.66. The molecule has 0 unspecified atom stereocenters. The van der Waals surface area contributed by atoms with Crippen LogP contribution in [0.15, 0.2) is 61.1 Å². The van der Waals surface area contributed by atoms with Crippen LogP contribution in [0.5, 0.6) is 0 Å². The predicted molar refractivity (Wildman–Crippen MR) is 120 cm³/mol. The maximum Gasteiger partial charge on any atom is 0.248 e. The largest absolute Gasteiger partial charge is 0.394 e. The van der Waals surface area contributed by atoms with Crippen molar-refractivity contribution in [1.82, 2.24) is 25.1 Å². The highest BCUT2D eigenvalue weighted by molar-refractivity contribution is 5.94. The van der Waals surface area contributed by atoms with Crippen LogP contribution in [0, 0.1) is 6.92 Å². The number of benzene rings is 2. The summed E-state index contributed by atoms with van der Waals surface area (Å²) in [7, 11) is 0. The second-order valence-electron chi connectivity index (χ2n) is 7.10. The van der Waals surface area contributed by atoms with Crippen molar-refractivity contribution in [2.24, 2.45) is 5.73 Å². The fourth-order valence-corrected chi connectivity index (χ4v) is 3.29. The number of aryl methyl sites for hydroxylation is 1. The number of hydrogen-bond acceptors (Lipinski definition) is 8. The molecule has 0 aliphatic heterocycles. The Balaban J connectivity index is 1.67. The molecule has 1 amide bonds. The Morgan fingerprint density at radius 3 is 2.66 bits per heavy atom. The first-order valence-electron chi connectivity index (χ1n) is 9.87. The van der Waals surface area contributed by atoms with Crippen molar-refractivity contribution in [3.8, 4) is 11.4 Å². The van der Waals surface area contributed by atoms with Gasteiger partial charge >= 0.3 is 0 Å². The predicted octanol–water partition coefficient (Wildman–Crippen LogP) is 2.56. The number of nitrogens with two attached hydrogens (primary N) is 1. The molecule has 10 nitrogen and oxygen atoms in total. The Kier molecular flexibility index (Phi) is 6.04. The minimum Gasteiger partial charge on any atom is -0.394 e. The number of aromatic amines is 1. The normalized spacial score (nSPS) is 11.7. The number of primary amides is 1. The average molecular weight is 430 g/mol. The fraction of sp³-hybridized carbons (Fsp3) is 0.136. The monoisotopic (exact) mass is 430 g/mol. The molecule has 0 fully saturated rings. The lowest BCUT2D eigenvalue weighted by molar-refractivity contribution is 0.0999. The maximum absolute atomic E-state index is 11.5. The van der Waals surface area contributed by atoms with Gasteiger partial charge < -0.3 is 21.5 Å². The van der Waals surface area contributed by atoms with Crippen molar-refractivity contribution in [3.05, 3.63) is 77.7 Å². The van der Waals surface area contributed by atoms with Crippen molar-refractivity contribution < 1.29 is 9.90 Å². The van der Waals surface area contributed by atoms with Crippen LogP contribution < -0.4 is 16.4 Å². The third kappa shape index (κ3) is 4.55. The second kappa shape index (κ2) is 9.23. The Labute approximate surface area is 184 Å². The molecule has 162 valence electrons. The number of amides is 1. The number of hydrogen-bond donors (Lipinski definition) is 5. The number of anilines is 3. The molecule has 2 aromatic carbocycles. The number of carbonyl (C=O) groups is 1. The fourth-order valence-electron chi connectivity index (χ4n) is 3.29. The van der Waals surface area contributed by atoms with E-state index in [4.69, 9.17) is 5.73 Å². The summed E-state index contributed by atoms with van der Waals surface area (Å²) < 4.78 is 0. The molecule has 10 heteroatoms. The maximum atomic E-state index is 11.5. The van der Waals surface area contributed by atoms with Gasteiger partial charge in [0.1, 0.15) is 12.1 Å².